The molecule has 1 aliphatic rings. The Hall–Kier alpha value is -2.42. The third-order valence-electron chi connectivity index (χ3n) is 5.63. The number of carbonyl (C=O) groups excluding carboxylic acids is 1. The maximum atomic E-state index is 12.6. The summed E-state index contributed by atoms with van der Waals surface area (Å²) in [6.07, 6.45) is 0.0593. The van der Waals surface area contributed by atoms with Crippen molar-refractivity contribution in [3.8, 4) is 0 Å². The molecule has 1 saturated heterocycles. The molecular weight excluding hydrogens is 412 g/mol. The van der Waals surface area contributed by atoms with Crippen molar-refractivity contribution in [1.82, 2.24) is 9.62 Å². The van der Waals surface area contributed by atoms with E-state index in [2.05, 4.69) is 33.0 Å². The second-order valence-electron chi connectivity index (χ2n) is 8.25. The molecule has 2 N–H and O–H groups in total. The van der Waals surface area contributed by atoms with Crippen molar-refractivity contribution in [3.63, 3.8) is 0 Å². The van der Waals surface area contributed by atoms with Crippen LogP contribution >= 0.6 is 0 Å². The van der Waals surface area contributed by atoms with Gasteiger partial charge >= 0.3 is 0 Å². The molecule has 0 unspecified atom stereocenters. The van der Waals surface area contributed by atoms with Gasteiger partial charge < -0.3 is 15.1 Å². The summed E-state index contributed by atoms with van der Waals surface area (Å²) in [4.78, 5) is 17.3. The molecule has 1 amide bonds. The summed E-state index contributed by atoms with van der Waals surface area (Å²) in [5.41, 5.74) is 4.45. The lowest BCUT2D eigenvalue weighted by atomic mass is 10.1. The number of hydrogen-bond acceptors (Lipinski definition) is 5. The van der Waals surface area contributed by atoms with Crippen LogP contribution in [-0.4, -0.2) is 59.0 Å². The van der Waals surface area contributed by atoms with Gasteiger partial charge in [0.2, 0.25) is 15.9 Å². The number of benzene rings is 2. The van der Waals surface area contributed by atoms with Gasteiger partial charge in [-0.3, -0.25) is 4.79 Å². The van der Waals surface area contributed by atoms with E-state index in [1.807, 2.05) is 32.0 Å². The first-order valence-corrected chi connectivity index (χ1v) is 12.0. The van der Waals surface area contributed by atoms with Crippen LogP contribution in [0.25, 0.3) is 0 Å². The van der Waals surface area contributed by atoms with Gasteiger partial charge in [-0.05, 0) is 68.8 Å². The Morgan fingerprint density at radius 3 is 2.35 bits per heavy atom. The number of hydrogen-bond donors (Lipinski definition) is 2. The van der Waals surface area contributed by atoms with Crippen LogP contribution < -0.4 is 14.9 Å². The minimum atomic E-state index is -3.65. The number of piperazine rings is 1. The van der Waals surface area contributed by atoms with Gasteiger partial charge in [0.25, 0.3) is 0 Å². The van der Waals surface area contributed by atoms with Crippen LogP contribution in [0.3, 0.4) is 0 Å². The van der Waals surface area contributed by atoms with Gasteiger partial charge in [0.1, 0.15) is 0 Å². The Balaban J connectivity index is 1.54. The molecule has 0 saturated carbocycles. The SMILES string of the molecule is Cc1ccc(C)c(S(=O)(=O)NCCC(=O)Nc2ccc(N3CCN(C)CC3)cc2C)c1. The Labute approximate surface area is 185 Å². The number of nitrogens with one attached hydrogen (secondary N) is 2. The zero-order chi connectivity index (χ0) is 22.6. The maximum Gasteiger partial charge on any atom is 0.240 e. The summed E-state index contributed by atoms with van der Waals surface area (Å²) in [6.45, 7) is 9.67. The quantitative estimate of drug-likeness (QED) is 0.686. The summed E-state index contributed by atoms with van der Waals surface area (Å²) < 4.78 is 27.6. The summed E-state index contributed by atoms with van der Waals surface area (Å²) in [5.74, 6) is -0.223. The molecule has 0 radical (unpaired) electrons. The largest absolute Gasteiger partial charge is 0.369 e. The van der Waals surface area contributed by atoms with Crippen molar-refractivity contribution in [2.45, 2.75) is 32.1 Å². The van der Waals surface area contributed by atoms with Crippen LogP contribution in [-0.2, 0) is 14.8 Å². The fourth-order valence-corrected chi connectivity index (χ4v) is 4.99. The van der Waals surface area contributed by atoms with E-state index in [-0.39, 0.29) is 23.8 Å². The lowest BCUT2D eigenvalue weighted by Crippen LogP contribution is -2.44. The summed E-state index contributed by atoms with van der Waals surface area (Å²) >= 11 is 0. The van der Waals surface area contributed by atoms with Crippen molar-refractivity contribution in [3.05, 3.63) is 53.1 Å². The smallest absolute Gasteiger partial charge is 0.240 e. The predicted octanol–water partition coefficient (Wildman–Crippen LogP) is 2.67. The van der Waals surface area contributed by atoms with E-state index in [0.29, 0.717) is 5.56 Å². The minimum absolute atomic E-state index is 0.0416. The van der Waals surface area contributed by atoms with Gasteiger partial charge in [-0.1, -0.05) is 12.1 Å². The molecule has 2 aromatic rings. The molecule has 0 spiro atoms. The van der Waals surface area contributed by atoms with E-state index < -0.39 is 10.0 Å². The molecule has 3 rings (SSSR count). The number of likely N-dealkylation sites (N-methyl/N-ethyl adjacent to an activating group) is 1. The third-order valence-corrected chi connectivity index (χ3v) is 7.23. The lowest BCUT2D eigenvalue weighted by Gasteiger charge is -2.34. The van der Waals surface area contributed by atoms with E-state index in [9.17, 15) is 13.2 Å². The molecule has 0 bridgehead atoms. The Kier molecular flexibility index (Phi) is 7.35. The monoisotopic (exact) mass is 444 g/mol. The summed E-state index contributed by atoms with van der Waals surface area (Å²) in [5, 5.41) is 2.89. The molecular formula is C23H32N4O3S. The highest BCUT2D eigenvalue weighted by molar-refractivity contribution is 7.89. The maximum absolute atomic E-state index is 12.6. The average Bonchev–Trinajstić information content (AvgIpc) is 2.71. The molecule has 2 aromatic carbocycles. The molecule has 31 heavy (non-hydrogen) atoms. The number of rotatable bonds is 7. The van der Waals surface area contributed by atoms with Crippen molar-refractivity contribution >= 4 is 27.3 Å². The molecule has 7 nitrogen and oxygen atoms in total. The van der Waals surface area contributed by atoms with Crippen LogP contribution in [0.5, 0.6) is 0 Å². The van der Waals surface area contributed by atoms with E-state index in [4.69, 9.17) is 0 Å². The fourth-order valence-electron chi connectivity index (χ4n) is 3.64. The van der Waals surface area contributed by atoms with E-state index >= 15 is 0 Å². The highest BCUT2D eigenvalue weighted by atomic mass is 32.2. The average molecular weight is 445 g/mol. The van der Waals surface area contributed by atoms with E-state index in [1.165, 1.54) is 0 Å². The fraction of sp³-hybridized carbons (Fsp3) is 0.435. The van der Waals surface area contributed by atoms with E-state index in [1.54, 1.807) is 19.1 Å². The van der Waals surface area contributed by atoms with Crippen LogP contribution in [0.4, 0.5) is 11.4 Å². The standard InChI is InChI=1S/C23H32N4O3S/c1-17-5-6-18(2)22(15-17)31(29,30)24-10-9-23(28)25-21-8-7-20(16-19(21)3)27-13-11-26(4)12-14-27/h5-8,15-16,24H,9-14H2,1-4H3,(H,25,28). The van der Waals surface area contributed by atoms with Gasteiger partial charge in [-0.2, -0.15) is 0 Å². The van der Waals surface area contributed by atoms with Gasteiger partial charge in [0.15, 0.2) is 0 Å². The number of aryl methyl sites for hydroxylation is 3. The second-order valence-corrected chi connectivity index (χ2v) is 9.99. The van der Waals surface area contributed by atoms with Gasteiger partial charge in [0, 0.05) is 50.5 Å². The van der Waals surface area contributed by atoms with Gasteiger partial charge in [0.05, 0.1) is 4.90 Å². The van der Waals surface area contributed by atoms with Gasteiger partial charge in [-0.25, -0.2) is 13.1 Å². The highest BCUT2D eigenvalue weighted by Crippen LogP contribution is 2.24. The molecule has 8 heteroatoms. The van der Waals surface area contributed by atoms with Crippen molar-refractivity contribution in [1.29, 1.82) is 0 Å². The summed E-state index contributed by atoms with van der Waals surface area (Å²) in [7, 11) is -1.52. The van der Waals surface area contributed by atoms with Crippen molar-refractivity contribution < 1.29 is 13.2 Å². The topological polar surface area (TPSA) is 81.7 Å². The Morgan fingerprint density at radius 2 is 1.68 bits per heavy atom. The zero-order valence-electron chi connectivity index (χ0n) is 18.7. The van der Waals surface area contributed by atoms with Crippen molar-refractivity contribution in [2.24, 2.45) is 0 Å². The first-order valence-electron chi connectivity index (χ1n) is 10.6. The minimum Gasteiger partial charge on any atom is -0.369 e. The predicted molar refractivity (Wildman–Crippen MR) is 125 cm³/mol. The molecule has 1 fully saturated rings. The second kappa shape index (κ2) is 9.80. The number of anilines is 2. The first-order chi connectivity index (χ1) is 14.7. The van der Waals surface area contributed by atoms with E-state index in [0.717, 1.165) is 48.7 Å². The molecule has 0 atom stereocenters. The molecule has 1 heterocycles. The number of carbonyl (C=O) groups is 1. The normalized spacial score (nSPS) is 15.2. The lowest BCUT2D eigenvalue weighted by molar-refractivity contribution is -0.116. The highest BCUT2D eigenvalue weighted by Gasteiger charge is 2.18. The van der Waals surface area contributed by atoms with Crippen LogP contribution in [0.2, 0.25) is 0 Å². The molecule has 0 aromatic heterocycles. The van der Waals surface area contributed by atoms with Gasteiger partial charge in [-0.15, -0.1) is 0 Å². The molecule has 168 valence electrons. The Morgan fingerprint density at radius 1 is 0.968 bits per heavy atom. The number of sulfonamides is 1. The Bertz CT molecular complexity index is 1040. The molecule has 1 aliphatic heterocycles. The third kappa shape index (κ3) is 6.06. The van der Waals surface area contributed by atoms with Crippen LogP contribution in [0.1, 0.15) is 23.1 Å². The van der Waals surface area contributed by atoms with Crippen LogP contribution in [0.15, 0.2) is 41.3 Å². The summed E-state index contributed by atoms with van der Waals surface area (Å²) in [6, 6.07) is 11.3. The number of amides is 1. The molecule has 0 aliphatic carbocycles. The van der Waals surface area contributed by atoms with Crippen molar-refractivity contribution in [2.75, 3.05) is 50.0 Å². The van der Waals surface area contributed by atoms with Crippen LogP contribution in [0, 0.1) is 20.8 Å². The first kappa shape index (κ1) is 23.2. The zero-order valence-corrected chi connectivity index (χ0v) is 19.6. The number of nitrogens with zero attached hydrogens (tertiary/aromatic N) is 2.